The first-order valence-electron chi connectivity index (χ1n) is 9.06. The van der Waals surface area contributed by atoms with E-state index in [4.69, 9.17) is 0 Å². The Morgan fingerprint density at radius 1 is 1.35 bits per heavy atom. The Labute approximate surface area is 152 Å². The molecule has 2 aromatic rings. The van der Waals surface area contributed by atoms with Gasteiger partial charge in [-0.05, 0) is 24.5 Å². The number of pyridine rings is 1. The highest BCUT2D eigenvalue weighted by molar-refractivity contribution is 5.94. The van der Waals surface area contributed by atoms with E-state index in [1.165, 1.54) is 4.57 Å². The molecule has 1 amide bonds. The number of amides is 1. The second kappa shape index (κ2) is 7.82. The third-order valence-corrected chi connectivity index (χ3v) is 4.59. The maximum Gasteiger partial charge on any atom is 0.263 e. The average molecular weight is 358 g/mol. The molecule has 0 radical (unpaired) electrons. The molecule has 2 aromatic heterocycles. The summed E-state index contributed by atoms with van der Waals surface area (Å²) in [6.07, 6.45) is 3.18. The van der Waals surface area contributed by atoms with Gasteiger partial charge < -0.3 is 19.8 Å². The number of nitrogens with one attached hydrogen (secondary N) is 2. The fourth-order valence-corrected chi connectivity index (χ4v) is 3.26. The molecule has 8 nitrogen and oxygen atoms in total. The van der Waals surface area contributed by atoms with Gasteiger partial charge in [-0.15, -0.1) is 10.2 Å². The Kier molecular flexibility index (Phi) is 5.51. The molecular formula is C18H26N6O2. The van der Waals surface area contributed by atoms with Gasteiger partial charge in [0.25, 0.3) is 11.5 Å². The van der Waals surface area contributed by atoms with Crippen LogP contribution in [0.5, 0.6) is 0 Å². The number of hydrogen-bond acceptors (Lipinski definition) is 5. The maximum absolute atomic E-state index is 12.7. The normalized spacial score (nSPS) is 15.4. The van der Waals surface area contributed by atoms with Gasteiger partial charge in [0.05, 0.1) is 6.04 Å². The maximum atomic E-state index is 12.7. The van der Waals surface area contributed by atoms with Gasteiger partial charge in [0.2, 0.25) is 0 Å². The van der Waals surface area contributed by atoms with Gasteiger partial charge >= 0.3 is 0 Å². The van der Waals surface area contributed by atoms with Crippen molar-refractivity contribution >= 4 is 5.91 Å². The summed E-state index contributed by atoms with van der Waals surface area (Å²) in [4.78, 5) is 25.0. The molecule has 2 N–H and O–H groups in total. The second-order valence-corrected chi connectivity index (χ2v) is 7.12. The Bertz CT molecular complexity index is 838. The summed E-state index contributed by atoms with van der Waals surface area (Å²) in [5.74, 6) is 1.68. The lowest BCUT2D eigenvalue weighted by Crippen LogP contribution is -2.36. The molecule has 1 aliphatic heterocycles. The van der Waals surface area contributed by atoms with Gasteiger partial charge in [0.15, 0.2) is 5.82 Å². The highest BCUT2D eigenvalue weighted by Crippen LogP contribution is 2.22. The Hall–Kier alpha value is -2.48. The first-order chi connectivity index (χ1) is 12.5. The zero-order chi connectivity index (χ0) is 18.7. The number of rotatable bonds is 5. The van der Waals surface area contributed by atoms with Crippen molar-refractivity contribution in [2.45, 2.75) is 39.3 Å². The van der Waals surface area contributed by atoms with Crippen molar-refractivity contribution in [1.29, 1.82) is 0 Å². The summed E-state index contributed by atoms with van der Waals surface area (Å²) in [5.41, 5.74) is -0.168. The lowest BCUT2D eigenvalue weighted by atomic mass is 10.0. The summed E-state index contributed by atoms with van der Waals surface area (Å²) < 4.78 is 3.50. The van der Waals surface area contributed by atoms with Gasteiger partial charge in [-0.2, -0.15) is 0 Å². The largest absolute Gasteiger partial charge is 0.342 e. The van der Waals surface area contributed by atoms with Crippen LogP contribution < -0.4 is 16.2 Å². The number of carbonyl (C=O) groups excluding carboxylic acids is 1. The second-order valence-electron chi connectivity index (χ2n) is 7.12. The molecule has 26 heavy (non-hydrogen) atoms. The van der Waals surface area contributed by atoms with Crippen molar-refractivity contribution < 1.29 is 4.79 Å². The summed E-state index contributed by atoms with van der Waals surface area (Å²) in [7, 11) is 1.64. The van der Waals surface area contributed by atoms with Crippen LogP contribution >= 0.6 is 0 Å². The molecule has 3 heterocycles. The van der Waals surface area contributed by atoms with E-state index in [1.54, 1.807) is 25.4 Å². The van der Waals surface area contributed by atoms with Gasteiger partial charge in [0, 0.05) is 39.3 Å². The van der Waals surface area contributed by atoms with Crippen molar-refractivity contribution in [1.82, 2.24) is 30.0 Å². The average Bonchev–Trinajstić information content (AvgIpc) is 2.84. The van der Waals surface area contributed by atoms with E-state index in [-0.39, 0.29) is 23.1 Å². The zero-order valence-corrected chi connectivity index (χ0v) is 15.5. The third-order valence-electron chi connectivity index (χ3n) is 4.59. The lowest BCUT2D eigenvalue weighted by molar-refractivity contribution is 0.0927. The van der Waals surface area contributed by atoms with E-state index >= 15 is 0 Å². The van der Waals surface area contributed by atoms with E-state index in [0.29, 0.717) is 5.92 Å². The van der Waals surface area contributed by atoms with Crippen LogP contribution in [0.25, 0.3) is 0 Å². The number of carbonyl (C=O) groups is 1. The molecular weight excluding hydrogens is 332 g/mol. The van der Waals surface area contributed by atoms with E-state index in [2.05, 4.69) is 39.2 Å². The van der Waals surface area contributed by atoms with Crippen molar-refractivity contribution in [3.63, 3.8) is 0 Å². The SMILES string of the molecule is CC(C)C[C@@H](NC(=O)c1cccn(C)c1=O)c1nnc2n1CCNCC2. The summed E-state index contributed by atoms with van der Waals surface area (Å²) in [5, 5.41) is 15.0. The molecule has 0 aliphatic carbocycles. The van der Waals surface area contributed by atoms with Crippen LogP contribution in [0, 0.1) is 5.92 Å². The van der Waals surface area contributed by atoms with Crippen molar-refractivity contribution in [3.8, 4) is 0 Å². The Balaban J connectivity index is 1.90. The number of hydrogen-bond donors (Lipinski definition) is 2. The van der Waals surface area contributed by atoms with Gasteiger partial charge in [-0.3, -0.25) is 9.59 Å². The number of fused-ring (bicyclic) bond motifs is 1. The summed E-state index contributed by atoms with van der Waals surface area (Å²) in [6, 6.07) is 2.97. The first-order valence-corrected chi connectivity index (χ1v) is 9.06. The van der Waals surface area contributed by atoms with Crippen molar-refractivity contribution in [2.24, 2.45) is 13.0 Å². The minimum absolute atomic E-state index is 0.140. The fraction of sp³-hybridized carbons (Fsp3) is 0.556. The molecule has 0 unspecified atom stereocenters. The van der Waals surface area contributed by atoms with Gasteiger partial charge in [-0.1, -0.05) is 13.8 Å². The number of aryl methyl sites for hydroxylation is 1. The van der Waals surface area contributed by atoms with E-state index in [0.717, 1.165) is 44.1 Å². The molecule has 1 aliphatic rings. The minimum atomic E-state index is -0.374. The van der Waals surface area contributed by atoms with Gasteiger partial charge in [-0.25, -0.2) is 0 Å². The van der Waals surface area contributed by atoms with Crippen LogP contribution in [-0.4, -0.2) is 38.3 Å². The molecule has 8 heteroatoms. The lowest BCUT2D eigenvalue weighted by Gasteiger charge is -2.21. The van der Waals surface area contributed by atoms with Crippen LogP contribution in [0.2, 0.25) is 0 Å². The molecule has 0 fully saturated rings. The Morgan fingerprint density at radius 3 is 2.92 bits per heavy atom. The molecule has 0 saturated carbocycles. The smallest absolute Gasteiger partial charge is 0.263 e. The molecule has 3 rings (SSSR count). The van der Waals surface area contributed by atoms with E-state index < -0.39 is 0 Å². The monoisotopic (exact) mass is 358 g/mol. The van der Waals surface area contributed by atoms with E-state index in [9.17, 15) is 9.59 Å². The zero-order valence-electron chi connectivity index (χ0n) is 15.5. The van der Waals surface area contributed by atoms with Crippen LogP contribution in [0.15, 0.2) is 23.1 Å². The minimum Gasteiger partial charge on any atom is -0.342 e. The van der Waals surface area contributed by atoms with E-state index in [1.807, 2.05) is 0 Å². The van der Waals surface area contributed by atoms with Crippen molar-refractivity contribution in [2.75, 3.05) is 13.1 Å². The van der Waals surface area contributed by atoms with Crippen molar-refractivity contribution in [3.05, 3.63) is 45.9 Å². The first kappa shape index (κ1) is 18.3. The molecule has 0 aromatic carbocycles. The Morgan fingerprint density at radius 2 is 2.15 bits per heavy atom. The van der Waals surface area contributed by atoms with Crippen LogP contribution in [0.1, 0.15) is 48.3 Å². The molecule has 0 bridgehead atoms. The summed E-state index contributed by atoms with van der Waals surface area (Å²) >= 11 is 0. The quantitative estimate of drug-likeness (QED) is 0.818. The molecule has 140 valence electrons. The highest BCUT2D eigenvalue weighted by Gasteiger charge is 2.25. The standard InChI is InChI=1S/C18H26N6O2/c1-12(2)11-14(16-22-21-15-6-7-19-8-10-24(15)16)20-17(25)13-5-4-9-23(3)18(13)26/h4-5,9,12,14,19H,6-8,10-11H2,1-3H3,(H,20,25)/t14-/m1/s1. The molecule has 1 atom stereocenters. The molecule has 0 spiro atoms. The fourth-order valence-electron chi connectivity index (χ4n) is 3.26. The number of aromatic nitrogens is 4. The number of nitrogens with zero attached hydrogens (tertiary/aromatic N) is 4. The van der Waals surface area contributed by atoms with Crippen LogP contribution in [0.4, 0.5) is 0 Å². The topological polar surface area (TPSA) is 93.8 Å². The van der Waals surface area contributed by atoms with Gasteiger partial charge in [0.1, 0.15) is 11.4 Å². The summed E-state index contributed by atoms with van der Waals surface area (Å²) in [6.45, 7) is 6.69. The molecule has 0 saturated heterocycles. The predicted molar refractivity (Wildman–Crippen MR) is 97.9 cm³/mol. The predicted octanol–water partition coefficient (Wildman–Crippen LogP) is 0.640. The van der Waals surface area contributed by atoms with Crippen LogP contribution in [-0.2, 0) is 20.0 Å². The highest BCUT2D eigenvalue weighted by atomic mass is 16.2. The van der Waals surface area contributed by atoms with Crippen LogP contribution in [0.3, 0.4) is 0 Å². The third kappa shape index (κ3) is 3.85.